The maximum atomic E-state index is 12.9. The van der Waals surface area contributed by atoms with Crippen LogP contribution in [0.3, 0.4) is 0 Å². The molecule has 2 aromatic rings. The number of esters is 1. The van der Waals surface area contributed by atoms with Crippen molar-refractivity contribution in [3.8, 4) is 11.5 Å². The van der Waals surface area contributed by atoms with E-state index in [9.17, 15) is 9.59 Å². The van der Waals surface area contributed by atoms with Crippen LogP contribution in [0, 0.1) is 0 Å². The maximum Gasteiger partial charge on any atom is 0.333 e. The maximum absolute atomic E-state index is 12.9. The fourth-order valence-electron chi connectivity index (χ4n) is 2.23. The van der Waals surface area contributed by atoms with Crippen LogP contribution in [0.5, 0.6) is 11.5 Å². The molecular formula is C19H24N2O4. The molecule has 0 spiro atoms. The normalized spacial score (nSPS) is 11.4. The molecule has 1 aromatic heterocycles. The van der Waals surface area contributed by atoms with E-state index >= 15 is 0 Å². The van der Waals surface area contributed by atoms with Crippen LogP contribution in [0.15, 0.2) is 41.2 Å². The molecule has 134 valence electrons. The zero-order valence-electron chi connectivity index (χ0n) is 15.3. The van der Waals surface area contributed by atoms with E-state index in [0.717, 1.165) is 4.68 Å². The molecule has 0 fully saturated rings. The van der Waals surface area contributed by atoms with Gasteiger partial charge in [-0.25, -0.2) is 9.48 Å². The molecule has 0 saturated carbocycles. The number of hydrogen-bond donors (Lipinski definition) is 0. The van der Waals surface area contributed by atoms with Crippen molar-refractivity contribution in [2.75, 3.05) is 6.61 Å². The molecule has 25 heavy (non-hydrogen) atoms. The topological polar surface area (TPSA) is 70.4 Å². The Bertz CT molecular complexity index is 795. The standard InChI is InChI=1S/C19H24N2O4/c1-6-24-18(23)19(4,5)21-17(22)16(12-15(20-21)13(2)3)25-14-10-8-7-9-11-14/h7-13H,6H2,1-5H3. The van der Waals surface area contributed by atoms with Gasteiger partial charge in [0.15, 0.2) is 11.3 Å². The van der Waals surface area contributed by atoms with Crippen LogP contribution in [0.25, 0.3) is 0 Å². The number of hydrogen-bond acceptors (Lipinski definition) is 5. The van der Waals surface area contributed by atoms with E-state index in [4.69, 9.17) is 9.47 Å². The number of carbonyl (C=O) groups is 1. The molecule has 0 atom stereocenters. The van der Waals surface area contributed by atoms with Gasteiger partial charge in [-0.1, -0.05) is 32.0 Å². The third kappa shape index (κ3) is 4.07. The van der Waals surface area contributed by atoms with Crippen LogP contribution in [-0.2, 0) is 15.1 Å². The molecule has 0 N–H and O–H groups in total. The van der Waals surface area contributed by atoms with E-state index in [1.54, 1.807) is 39.0 Å². The van der Waals surface area contributed by atoms with Crippen molar-refractivity contribution < 1.29 is 14.3 Å². The fraction of sp³-hybridized carbons (Fsp3) is 0.421. The number of carbonyl (C=O) groups excluding carboxylic acids is 1. The highest BCUT2D eigenvalue weighted by Crippen LogP contribution is 2.23. The molecule has 1 heterocycles. The second-order valence-corrected chi connectivity index (χ2v) is 6.50. The van der Waals surface area contributed by atoms with Crippen LogP contribution in [0.1, 0.15) is 46.2 Å². The van der Waals surface area contributed by atoms with Crippen LogP contribution in [0.4, 0.5) is 0 Å². The van der Waals surface area contributed by atoms with E-state index in [0.29, 0.717) is 11.4 Å². The molecule has 6 heteroatoms. The van der Waals surface area contributed by atoms with Crippen LogP contribution < -0.4 is 10.3 Å². The highest BCUT2D eigenvalue weighted by Gasteiger charge is 2.35. The first-order valence-electron chi connectivity index (χ1n) is 8.32. The van der Waals surface area contributed by atoms with Crippen LogP contribution >= 0.6 is 0 Å². The average molecular weight is 344 g/mol. The first-order valence-corrected chi connectivity index (χ1v) is 8.32. The predicted molar refractivity (Wildman–Crippen MR) is 95.1 cm³/mol. The van der Waals surface area contributed by atoms with E-state index in [2.05, 4.69) is 5.10 Å². The summed E-state index contributed by atoms with van der Waals surface area (Å²) in [7, 11) is 0. The summed E-state index contributed by atoms with van der Waals surface area (Å²) in [6, 6.07) is 10.6. The Labute approximate surface area is 147 Å². The highest BCUT2D eigenvalue weighted by molar-refractivity contribution is 5.77. The zero-order valence-corrected chi connectivity index (χ0v) is 15.3. The van der Waals surface area contributed by atoms with Crippen molar-refractivity contribution in [3.05, 3.63) is 52.4 Å². The van der Waals surface area contributed by atoms with Gasteiger partial charge in [0.1, 0.15) is 5.75 Å². The summed E-state index contributed by atoms with van der Waals surface area (Å²) in [4.78, 5) is 25.2. The van der Waals surface area contributed by atoms with Gasteiger partial charge in [-0.15, -0.1) is 0 Å². The summed E-state index contributed by atoms with van der Waals surface area (Å²) in [5.74, 6) is 0.211. The third-order valence-corrected chi connectivity index (χ3v) is 3.76. The average Bonchev–Trinajstić information content (AvgIpc) is 2.57. The molecular weight excluding hydrogens is 320 g/mol. The number of para-hydroxylation sites is 1. The molecule has 0 unspecified atom stereocenters. The lowest BCUT2D eigenvalue weighted by atomic mass is 10.1. The molecule has 0 radical (unpaired) electrons. The summed E-state index contributed by atoms with van der Waals surface area (Å²) in [6.45, 7) is 9.08. The molecule has 0 aliphatic heterocycles. The van der Waals surface area contributed by atoms with Crippen molar-refractivity contribution in [3.63, 3.8) is 0 Å². The number of benzene rings is 1. The summed E-state index contributed by atoms with van der Waals surface area (Å²) >= 11 is 0. The summed E-state index contributed by atoms with van der Waals surface area (Å²) in [5, 5.41) is 4.37. The molecule has 2 rings (SSSR count). The minimum atomic E-state index is -1.24. The molecule has 0 saturated heterocycles. The Kier molecular flexibility index (Phi) is 5.62. The van der Waals surface area contributed by atoms with Gasteiger partial charge in [-0.05, 0) is 38.8 Å². The Morgan fingerprint density at radius 2 is 1.88 bits per heavy atom. The SMILES string of the molecule is CCOC(=O)C(C)(C)n1nc(C(C)C)cc(Oc2ccccc2)c1=O. The lowest BCUT2D eigenvalue weighted by Gasteiger charge is -2.25. The van der Waals surface area contributed by atoms with Crippen molar-refractivity contribution >= 4 is 5.97 Å². The minimum Gasteiger partial charge on any atom is -0.464 e. The van der Waals surface area contributed by atoms with Crippen molar-refractivity contribution in [1.29, 1.82) is 0 Å². The summed E-state index contributed by atoms with van der Waals surface area (Å²) in [5.41, 5.74) is -1.07. The molecule has 0 aliphatic carbocycles. The van der Waals surface area contributed by atoms with Crippen LogP contribution in [-0.4, -0.2) is 22.4 Å². The summed E-state index contributed by atoms with van der Waals surface area (Å²) < 4.78 is 12.0. The van der Waals surface area contributed by atoms with Crippen LogP contribution in [0.2, 0.25) is 0 Å². The Hall–Kier alpha value is -2.63. The van der Waals surface area contributed by atoms with E-state index < -0.39 is 17.1 Å². The molecule has 0 bridgehead atoms. The Morgan fingerprint density at radius 3 is 2.44 bits per heavy atom. The second kappa shape index (κ2) is 7.51. The Morgan fingerprint density at radius 1 is 1.24 bits per heavy atom. The third-order valence-electron chi connectivity index (χ3n) is 3.76. The van der Waals surface area contributed by atoms with Gasteiger partial charge in [0.2, 0.25) is 0 Å². The molecule has 6 nitrogen and oxygen atoms in total. The van der Waals surface area contributed by atoms with E-state index in [1.807, 2.05) is 32.0 Å². The summed E-state index contributed by atoms with van der Waals surface area (Å²) in [6.07, 6.45) is 0. The van der Waals surface area contributed by atoms with Crippen molar-refractivity contribution in [2.24, 2.45) is 0 Å². The fourth-order valence-corrected chi connectivity index (χ4v) is 2.23. The number of ether oxygens (including phenoxy) is 2. The zero-order chi connectivity index (χ0) is 18.6. The van der Waals surface area contributed by atoms with Gasteiger partial charge in [-0.3, -0.25) is 4.79 Å². The number of aromatic nitrogens is 2. The van der Waals surface area contributed by atoms with Crippen molar-refractivity contribution in [1.82, 2.24) is 9.78 Å². The van der Waals surface area contributed by atoms with Gasteiger partial charge < -0.3 is 9.47 Å². The molecule has 0 amide bonds. The highest BCUT2D eigenvalue weighted by atomic mass is 16.5. The number of nitrogens with zero attached hydrogens (tertiary/aromatic N) is 2. The molecule has 0 aliphatic rings. The lowest BCUT2D eigenvalue weighted by Crippen LogP contribution is -2.45. The Balaban J connectivity index is 2.56. The predicted octanol–water partition coefficient (Wildman–Crippen LogP) is 3.46. The van der Waals surface area contributed by atoms with Gasteiger partial charge in [-0.2, -0.15) is 5.10 Å². The minimum absolute atomic E-state index is 0.0583. The van der Waals surface area contributed by atoms with Gasteiger partial charge in [0, 0.05) is 6.07 Å². The van der Waals surface area contributed by atoms with Gasteiger partial charge >= 0.3 is 11.5 Å². The second-order valence-electron chi connectivity index (χ2n) is 6.50. The number of rotatable bonds is 6. The van der Waals surface area contributed by atoms with Gasteiger partial charge in [0.05, 0.1) is 12.3 Å². The smallest absolute Gasteiger partial charge is 0.333 e. The van der Waals surface area contributed by atoms with Gasteiger partial charge in [0.25, 0.3) is 0 Å². The monoisotopic (exact) mass is 344 g/mol. The van der Waals surface area contributed by atoms with E-state index in [1.165, 1.54) is 0 Å². The first kappa shape index (κ1) is 18.7. The van der Waals surface area contributed by atoms with E-state index in [-0.39, 0.29) is 18.3 Å². The quantitative estimate of drug-likeness (QED) is 0.751. The molecule has 1 aromatic carbocycles. The largest absolute Gasteiger partial charge is 0.464 e. The van der Waals surface area contributed by atoms with Crippen molar-refractivity contribution in [2.45, 2.75) is 46.1 Å². The first-order chi connectivity index (χ1) is 11.8. The lowest BCUT2D eigenvalue weighted by molar-refractivity contribution is -0.152.